The van der Waals surface area contributed by atoms with Gasteiger partial charge in [0, 0.05) is 11.2 Å². The lowest BCUT2D eigenvalue weighted by Crippen LogP contribution is -2.41. The summed E-state index contributed by atoms with van der Waals surface area (Å²) in [5, 5.41) is 12.0. The minimum Gasteiger partial charge on any atom is -0.351 e. The lowest BCUT2D eigenvalue weighted by atomic mass is 10.1. The number of nitrogens with one attached hydrogen (secondary N) is 1. The monoisotopic (exact) mass is 318 g/mol. The molecule has 6 heteroatoms. The van der Waals surface area contributed by atoms with Crippen LogP contribution in [0.1, 0.15) is 32.2 Å². The fourth-order valence-electron chi connectivity index (χ4n) is 2.09. The lowest BCUT2D eigenvalue weighted by Gasteiger charge is -2.20. The summed E-state index contributed by atoms with van der Waals surface area (Å²) in [6.45, 7) is 9.86. The second-order valence-electron chi connectivity index (χ2n) is 6.29. The van der Waals surface area contributed by atoms with Crippen LogP contribution in [0.3, 0.4) is 0 Å². The van der Waals surface area contributed by atoms with Crippen LogP contribution >= 0.6 is 11.8 Å². The van der Waals surface area contributed by atoms with Gasteiger partial charge in [-0.15, -0.1) is 10.2 Å². The van der Waals surface area contributed by atoms with Gasteiger partial charge in [-0.2, -0.15) is 0 Å². The maximum absolute atomic E-state index is 12.0. The Morgan fingerprint density at radius 1 is 1.27 bits per heavy atom. The molecule has 1 aromatic carbocycles. The maximum atomic E-state index is 12.0. The summed E-state index contributed by atoms with van der Waals surface area (Å²) < 4.78 is 1.97. The molecule has 2 rings (SSSR count). The first-order valence-corrected chi connectivity index (χ1v) is 8.18. The van der Waals surface area contributed by atoms with Gasteiger partial charge < -0.3 is 5.32 Å². The zero-order valence-corrected chi connectivity index (χ0v) is 14.5. The molecule has 0 aliphatic carbocycles. The molecule has 5 nitrogen and oxygen atoms in total. The zero-order chi connectivity index (χ0) is 16.3. The van der Waals surface area contributed by atoms with E-state index in [-0.39, 0.29) is 11.4 Å². The molecule has 1 heterocycles. The van der Waals surface area contributed by atoms with Crippen molar-refractivity contribution in [3.05, 3.63) is 35.7 Å². The van der Waals surface area contributed by atoms with E-state index < -0.39 is 0 Å². The maximum Gasteiger partial charge on any atom is 0.230 e. The number of aryl methyl sites for hydroxylation is 2. The van der Waals surface area contributed by atoms with Crippen molar-refractivity contribution in [3.63, 3.8) is 0 Å². The number of carbonyl (C=O) groups excluding carboxylic acids is 1. The van der Waals surface area contributed by atoms with E-state index in [1.54, 1.807) is 0 Å². The smallest absolute Gasteiger partial charge is 0.230 e. The van der Waals surface area contributed by atoms with Gasteiger partial charge in [-0.25, -0.2) is 0 Å². The van der Waals surface area contributed by atoms with Crippen molar-refractivity contribution in [2.45, 2.75) is 45.3 Å². The van der Waals surface area contributed by atoms with Crippen molar-refractivity contribution in [1.29, 1.82) is 0 Å². The Labute approximate surface area is 135 Å². The molecule has 118 valence electrons. The minimum atomic E-state index is -0.224. The molecule has 0 saturated carbocycles. The van der Waals surface area contributed by atoms with Crippen LogP contribution in [0.5, 0.6) is 0 Å². The first-order chi connectivity index (χ1) is 10.3. The zero-order valence-electron chi connectivity index (χ0n) is 13.7. The predicted octanol–water partition coefficient (Wildman–Crippen LogP) is 2.89. The number of carbonyl (C=O) groups is 1. The Morgan fingerprint density at radius 3 is 2.64 bits per heavy atom. The molecule has 0 unspecified atom stereocenters. The average molecular weight is 318 g/mol. The SMILES string of the molecule is Cc1cccc(-n2c(C)nnc2SCC(=O)NC(C)(C)C)c1. The van der Waals surface area contributed by atoms with Gasteiger partial charge in [0.2, 0.25) is 5.91 Å². The summed E-state index contributed by atoms with van der Waals surface area (Å²) in [7, 11) is 0. The van der Waals surface area contributed by atoms with Gasteiger partial charge >= 0.3 is 0 Å². The summed E-state index contributed by atoms with van der Waals surface area (Å²) in [5.41, 5.74) is 1.96. The van der Waals surface area contributed by atoms with Gasteiger partial charge in [0.25, 0.3) is 0 Å². The molecule has 0 saturated heterocycles. The summed E-state index contributed by atoms with van der Waals surface area (Å²) in [6.07, 6.45) is 0. The van der Waals surface area contributed by atoms with Crippen molar-refractivity contribution in [2.75, 3.05) is 5.75 Å². The summed E-state index contributed by atoms with van der Waals surface area (Å²) in [4.78, 5) is 12.0. The van der Waals surface area contributed by atoms with Crippen molar-refractivity contribution >= 4 is 17.7 Å². The Balaban J connectivity index is 2.15. The van der Waals surface area contributed by atoms with Crippen molar-refractivity contribution < 1.29 is 4.79 Å². The molecule has 0 fully saturated rings. The van der Waals surface area contributed by atoms with E-state index in [1.165, 1.54) is 17.3 Å². The van der Waals surface area contributed by atoms with Gasteiger partial charge in [-0.05, 0) is 52.3 Å². The number of nitrogens with zero attached hydrogens (tertiary/aromatic N) is 3. The highest BCUT2D eigenvalue weighted by Gasteiger charge is 2.16. The van der Waals surface area contributed by atoms with Crippen LogP contribution in [0.15, 0.2) is 29.4 Å². The van der Waals surface area contributed by atoms with Crippen LogP contribution in [0.4, 0.5) is 0 Å². The van der Waals surface area contributed by atoms with Gasteiger partial charge in [0.1, 0.15) is 5.82 Å². The normalized spacial score (nSPS) is 11.5. The molecular formula is C16H22N4OS. The van der Waals surface area contributed by atoms with Crippen LogP contribution in [0.25, 0.3) is 5.69 Å². The fourth-order valence-corrected chi connectivity index (χ4v) is 2.88. The molecule has 22 heavy (non-hydrogen) atoms. The molecule has 1 aromatic heterocycles. The summed E-state index contributed by atoms with van der Waals surface area (Å²) >= 11 is 1.39. The number of rotatable bonds is 4. The molecule has 0 spiro atoms. The average Bonchev–Trinajstić information content (AvgIpc) is 2.75. The number of hydrogen-bond acceptors (Lipinski definition) is 4. The highest BCUT2D eigenvalue weighted by atomic mass is 32.2. The molecular weight excluding hydrogens is 296 g/mol. The minimum absolute atomic E-state index is 0.00561. The Morgan fingerprint density at radius 2 is 2.00 bits per heavy atom. The first kappa shape index (κ1) is 16.5. The van der Waals surface area contributed by atoms with E-state index in [9.17, 15) is 4.79 Å². The van der Waals surface area contributed by atoms with Crippen LogP contribution in [-0.4, -0.2) is 32.0 Å². The van der Waals surface area contributed by atoms with E-state index in [1.807, 2.05) is 57.4 Å². The van der Waals surface area contributed by atoms with Gasteiger partial charge in [-0.1, -0.05) is 23.9 Å². The van der Waals surface area contributed by atoms with Crippen molar-refractivity contribution in [2.24, 2.45) is 0 Å². The van der Waals surface area contributed by atoms with Crippen LogP contribution in [-0.2, 0) is 4.79 Å². The number of thioether (sulfide) groups is 1. The Hall–Kier alpha value is -1.82. The molecule has 2 aromatic rings. The molecule has 0 aliphatic rings. The van der Waals surface area contributed by atoms with Crippen LogP contribution in [0.2, 0.25) is 0 Å². The Bertz CT molecular complexity index is 673. The quantitative estimate of drug-likeness (QED) is 0.881. The molecule has 0 aliphatic heterocycles. The third kappa shape index (κ3) is 4.34. The van der Waals surface area contributed by atoms with Crippen molar-refractivity contribution in [1.82, 2.24) is 20.1 Å². The largest absolute Gasteiger partial charge is 0.351 e. The standard InChI is InChI=1S/C16H22N4OS/c1-11-7-6-8-13(9-11)20-12(2)18-19-15(20)22-10-14(21)17-16(3,4)5/h6-9H,10H2,1-5H3,(H,17,21). The topological polar surface area (TPSA) is 59.8 Å². The number of benzene rings is 1. The highest BCUT2D eigenvalue weighted by molar-refractivity contribution is 7.99. The summed E-state index contributed by atoms with van der Waals surface area (Å²) in [6, 6.07) is 8.15. The number of hydrogen-bond donors (Lipinski definition) is 1. The second-order valence-corrected chi connectivity index (χ2v) is 7.23. The van der Waals surface area contributed by atoms with Crippen LogP contribution < -0.4 is 5.32 Å². The third-order valence-corrected chi connectivity index (χ3v) is 3.83. The fraction of sp³-hybridized carbons (Fsp3) is 0.438. The second kappa shape index (κ2) is 6.52. The van der Waals surface area contributed by atoms with Crippen LogP contribution in [0, 0.1) is 13.8 Å². The van der Waals surface area contributed by atoms with Crippen molar-refractivity contribution in [3.8, 4) is 5.69 Å². The van der Waals surface area contributed by atoms with Gasteiger partial charge in [-0.3, -0.25) is 9.36 Å². The highest BCUT2D eigenvalue weighted by Crippen LogP contribution is 2.22. The molecule has 0 bridgehead atoms. The Kier molecular flexibility index (Phi) is 4.90. The van der Waals surface area contributed by atoms with E-state index >= 15 is 0 Å². The lowest BCUT2D eigenvalue weighted by molar-refractivity contribution is -0.119. The predicted molar refractivity (Wildman–Crippen MR) is 89.5 cm³/mol. The van der Waals surface area contributed by atoms with E-state index in [4.69, 9.17) is 0 Å². The first-order valence-electron chi connectivity index (χ1n) is 7.19. The van der Waals surface area contributed by atoms with E-state index in [2.05, 4.69) is 21.6 Å². The molecule has 0 atom stereocenters. The third-order valence-electron chi connectivity index (χ3n) is 2.90. The molecule has 0 radical (unpaired) electrons. The summed E-state index contributed by atoms with van der Waals surface area (Å²) in [5.74, 6) is 1.12. The van der Waals surface area contributed by atoms with E-state index in [0.717, 1.165) is 16.7 Å². The number of aromatic nitrogens is 3. The molecule has 1 N–H and O–H groups in total. The molecule has 1 amide bonds. The van der Waals surface area contributed by atoms with Gasteiger partial charge in [0.15, 0.2) is 5.16 Å². The van der Waals surface area contributed by atoms with E-state index in [0.29, 0.717) is 5.75 Å². The number of amides is 1. The van der Waals surface area contributed by atoms with Gasteiger partial charge in [0.05, 0.1) is 5.75 Å².